The van der Waals surface area contributed by atoms with Crippen molar-refractivity contribution in [1.82, 2.24) is 0 Å². The molecule has 0 rings (SSSR count). The lowest BCUT2D eigenvalue weighted by Gasteiger charge is -2.27. The molecular formula is C15H30OS. The number of carbonyl (C=O) groups excluding carboxylic acids is 1. The predicted molar refractivity (Wildman–Crippen MR) is 79.9 cm³/mol. The highest BCUT2D eigenvalue weighted by Gasteiger charge is 2.31. The van der Waals surface area contributed by atoms with Crippen LogP contribution in [0, 0.1) is 0 Å². The first-order valence-corrected chi connectivity index (χ1v) is 7.81. The van der Waals surface area contributed by atoms with Gasteiger partial charge < -0.3 is 0 Å². The average Bonchev–Trinajstić information content (AvgIpc) is 2.34. The van der Waals surface area contributed by atoms with Crippen LogP contribution in [0.3, 0.4) is 0 Å². The van der Waals surface area contributed by atoms with Crippen molar-refractivity contribution in [2.24, 2.45) is 0 Å². The van der Waals surface area contributed by atoms with E-state index < -0.39 is 0 Å². The quantitative estimate of drug-likeness (QED) is 0.399. The molecule has 0 saturated carbocycles. The van der Waals surface area contributed by atoms with Gasteiger partial charge in [-0.2, -0.15) is 12.6 Å². The number of ketones is 1. The molecule has 0 aromatic rings. The van der Waals surface area contributed by atoms with Gasteiger partial charge in [0.2, 0.25) is 0 Å². The van der Waals surface area contributed by atoms with Gasteiger partial charge in [0, 0.05) is 6.42 Å². The molecule has 0 aliphatic carbocycles. The lowest BCUT2D eigenvalue weighted by molar-refractivity contribution is -0.121. The first kappa shape index (κ1) is 17.0. The second kappa shape index (κ2) is 9.99. The maximum absolute atomic E-state index is 12.3. The Hall–Kier alpha value is 0.0200. The summed E-state index contributed by atoms with van der Waals surface area (Å²) in [5.41, 5.74) is 0. The van der Waals surface area contributed by atoms with E-state index in [1.807, 2.05) is 0 Å². The number of unbranched alkanes of at least 4 members (excludes halogenated alkanes) is 4. The van der Waals surface area contributed by atoms with E-state index in [0.717, 1.165) is 57.8 Å². The fourth-order valence-electron chi connectivity index (χ4n) is 2.11. The van der Waals surface area contributed by atoms with Crippen molar-refractivity contribution in [3.63, 3.8) is 0 Å². The minimum absolute atomic E-state index is 0.334. The van der Waals surface area contributed by atoms with Gasteiger partial charge in [-0.25, -0.2) is 0 Å². The van der Waals surface area contributed by atoms with E-state index in [9.17, 15) is 4.79 Å². The summed E-state index contributed by atoms with van der Waals surface area (Å²) in [6.45, 7) is 6.53. The van der Waals surface area contributed by atoms with Gasteiger partial charge in [-0.1, -0.05) is 59.3 Å². The third kappa shape index (κ3) is 7.13. The van der Waals surface area contributed by atoms with Gasteiger partial charge in [-0.15, -0.1) is 0 Å². The van der Waals surface area contributed by atoms with Crippen molar-refractivity contribution in [3.8, 4) is 0 Å². The molecule has 0 aliphatic rings. The Bertz CT molecular complexity index is 193. The van der Waals surface area contributed by atoms with Crippen LogP contribution < -0.4 is 0 Å². The summed E-state index contributed by atoms with van der Waals surface area (Å²) in [5, 5.41) is 0. The number of thiol groups is 1. The van der Waals surface area contributed by atoms with Crippen LogP contribution >= 0.6 is 12.6 Å². The van der Waals surface area contributed by atoms with Crippen LogP contribution in [0.25, 0.3) is 0 Å². The molecule has 17 heavy (non-hydrogen) atoms. The largest absolute Gasteiger partial charge is 0.298 e. The van der Waals surface area contributed by atoms with E-state index in [4.69, 9.17) is 12.6 Å². The summed E-state index contributed by atoms with van der Waals surface area (Å²) >= 11 is 4.73. The second-order valence-corrected chi connectivity index (χ2v) is 5.98. The summed E-state index contributed by atoms with van der Waals surface area (Å²) in [5.74, 6) is 0.385. The average molecular weight is 258 g/mol. The maximum Gasteiger partial charge on any atom is 0.148 e. The molecule has 0 amide bonds. The van der Waals surface area contributed by atoms with Crippen LogP contribution in [0.5, 0.6) is 0 Å². The van der Waals surface area contributed by atoms with Crippen LogP contribution in [0.1, 0.15) is 85.0 Å². The highest BCUT2D eigenvalue weighted by atomic mass is 32.1. The smallest absolute Gasteiger partial charge is 0.148 e. The van der Waals surface area contributed by atoms with Gasteiger partial charge in [0.25, 0.3) is 0 Å². The van der Waals surface area contributed by atoms with Gasteiger partial charge in [-0.05, 0) is 19.3 Å². The predicted octanol–water partition coefficient (Wildman–Crippen LogP) is 5.18. The first-order valence-electron chi connectivity index (χ1n) is 7.36. The summed E-state index contributed by atoms with van der Waals surface area (Å²) < 4.78 is -0.334. The van der Waals surface area contributed by atoms with Crippen molar-refractivity contribution in [1.29, 1.82) is 0 Å². The highest BCUT2D eigenvalue weighted by molar-refractivity contribution is 7.82. The van der Waals surface area contributed by atoms with Crippen LogP contribution in [-0.4, -0.2) is 10.5 Å². The summed E-state index contributed by atoms with van der Waals surface area (Å²) in [6.07, 6.45) is 10.6. The molecule has 0 saturated heterocycles. The molecule has 102 valence electrons. The number of hydrogen-bond acceptors (Lipinski definition) is 2. The fourth-order valence-corrected chi connectivity index (χ4v) is 2.54. The molecule has 0 aromatic heterocycles. The van der Waals surface area contributed by atoms with Crippen LogP contribution in [-0.2, 0) is 4.79 Å². The monoisotopic (exact) mass is 258 g/mol. The molecule has 0 aromatic carbocycles. The van der Waals surface area contributed by atoms with Gasteiger partial charge in [0.1, 0.15) is 5.78 Å². The van der Waals surface area contributed by atoms with Crippen molar-refractivity contribution >= 4 is 18.4 Å². The Balaban J connectivity index is 4.26. The first-order chi connectivity index (χ1) is 8.10. The van der Waals surface area contributed by atoms with Gasteiger partial charge in [-0.3, -0.25) is 4.79 Å². The topological polar surface area (TPSA) is 17.1 Å². The number of carbonyl (C=O) groups is 1. The van der Waals surface area contributed by atoms with Crippen molar-refractivity contribution in [2.75, 3.05) is 0 Å². The maximum atomic E-state index is 12.3. The van der Waals surface area contributed by atoms with E-state index >= 15 is 0 Å². The zero-order valence-corrected chi connectivity index (χ0v) is 12.8. The molecule has 0 N–H and O–H groups in total. The number of hydrogen-bond donors (Lipinski definition) is 1. The number of rotatable bonds is 11. The van der Waals surface area contributed by atoms with Crippen LogP contribution in [0.2, 0.25) is 0 Å². The second-order valence-electron chi connectivity index (χ2n) is 5.12. The van der Waals surface area contributed by atoms with Crippen LogP contribution in [0.15, 0.2) is 0 Å². The Morgan fingerprint density at radius 3 is 1.76 bits per heavy atom. The van der Waals surface area contributed by atoms with Crippen LogP contribution in [0.4, 0.5) is 0 Å². The van der Waals surface area contributed by atoms with Gasteiger partial charge in [0.15, 0.2) is 0 Å². The highest BCUT2D eigenvalue weighted by Crippen LogP contribution is 2.31. The van der Waals surface area contributed by atoms with E-state index in [1.54, 1.807) is 0 Å². The van der Waals surface area contributed by atoms with E-state index in [2.05, 4.69) is 20.8 Å². The molecular weight excluding hydrogens is 228 g/mol. The standard InChI is InChI=1S/C15H30OS/c1-4-7-10-11-14(16)15(17,12-8-5-2)13-9-6-3/h17H,4-13H2,1-3H3. The zero-order chi connectivity index (χ0) is 13.1. The molecule has 1 nitrogen and oxygen atoms in total. The van der Waals surface area contributed by atoms with Crippen molar-refractivity contribution in [2.45, 2.75) is 89.7 Å². The zero-order valence-electron chi connectivity index (χ0n) is 11.9. The Morgan fingerprint density at radius 1 is 0.882 bits per heavy atom. The molecule has 0 heterocycles. The summed E-state index contributed by atoms with van der Waals surface area (Å²) in [6, 6.07) is 0. The Kier molecular flexibility index (Phi) is 10.0. The summed E-state index contributed by atoms with van der Waals surface area (Å²) in [7, 11) is 0. The molecule has 0 atom stereocenters. The summed E-state index contributed by atoms with van der Waals surface area (Å²) in [4.78, 5) is 12.3. The lowest BCUT2D eigenvalue weighted by Crippen LogP contribution is -2.32. The molecule has 0 spiro atoms. The third-order valence-corrected chi connectivity index (χ3v) is 4.11. The number of Topliss-reactive ketones (excluding diaryl/α,β-unsaturated/α-hetero) is 1. The Morgan fingerprint density at radius 2 is 1.35 bits per heavy atom. The van der Waals surface area contributed by atoms with E-state index in [0.29, 0.717) is 5.78 Å². The van der Waals surface area contributed by atoms with Crippen molar-refractivity contribution in [3.05, 3.63) is 0 Å². The lowest BCUT2D eigenvalue weighted by atomic mass is 9.88. The fraction of sp³-hybridized carbons (Fsp3) is 0.933. The SMILES string of the molecule is CCCCCC(=O)C(S)(CCCC)CCCC. The molecule has 2 heteroatoms. The van der Waals surface area contributed by atoms with Crippen molar-refractivity contribution < 1.29 is 4.79 Å². The molecule has 0 aliphatic heterocycles. The minimum atomic E-state index is -0.334. The van der Waals surface area contributed by atoms with E-state index in [-0.39, 0.29) is 4.75 Å². The minimum Gasteiger partial charge on any atom is -0.298 e. The van der Waals surface area contributed by atoms with Gasteiger partial charge >= 0.3 is 0 Å². The Labute approximate surface area is 113 Å². The van der Waals surface area contributed by atoms with Gasteiger partial charge in [0.05, 0.1) is 4.75 Å². The molecule has 0 bridgehead atoms. The third-order valence-electron chi connectivity index (χ3n) is 3.41. The normalized spacial score (nSPS) is 11.8. The molecule has 0 fully saturated rings. The molecule has 0 unspecified atom stereocenters. The van der Waals surface area contributed by atoms with E-state index in [1.165, 1.54) is 6.42 Å². The molecule has 0 radical (unpaired) electrons.